The lowest BCUT2D eigenvalue weighted by Crippen LogP contribution is -2.29. The van der Waals surface area contributed by atoms with Crippen molar-refractivity contribution >= 4 is 11.7 Å². The number of amides is 2. The highest BCUT2D eigenvalue weighted by molar-refractivity contribution is 5.90. The minimum absolute atomic E-state index is 0.224. The molecule has 138 valence electrons. The number of ether oxygens (including phenoxy) is 2. The van der Waals surface area contributed by atoms with Gasteiger partial charge in [-0.05, 0) is 50.8 Å². The van der Waals surface area contributed by atoms with Gasteiger partial charge in [-0.15, -0.1) is 0 Å². The van der Waals surface area contributed by atoms with Gasteiger partial charge in [0.1, 0.15) is 11.8 Å². The van der Waals surface area contributed by atoms with Gasteiger partial charge in [0.05, 0.1) is 6.61 Å². The molecule has 1 fully saturated rings. The van der Waals surface area contributed by atoms with Crippen LogP contribution in [0.5, 0.6) is 11.8 Å². The van der Waals surface area contributed by atoms with Crippen molar-refractivity contribution in [3.8, 4) is 11.8 Å². The summed E-state index contributed by atoms with van der Waals surface area (Å²) in [6.45, 7) is 2.67. The molecule has 7 nitrogen and oxygen atoms in total. The molecule has 2 aromatic heterocycles. The smallest absolute Gasteiger partial charge is 0.319 e. The van der Waals surface area contributed by atoms with Crippen molar-refractivity contribution in [2.24, 2.45) is 0 Å². The number of hydrogen-bond donors (Lipinski definition) is 2. The van der Waals surface area contributed by atoms with Crippen LogP contribution in [0.2, 0.25) is 0 Å². The second-order valence-electron chi connectivity index (χ2n) is 6.09. The van der Waals surface area contributed by atoms with Crippen LogP contribution < -0.4 is 20.1 Å². The number of carbonyl (C=O) groups excluding carboxylic acids is 1. The van der Waals surface area contributed by atoms with E-state index in [4.69, 9.17) is 9.47 Å². The molecule has 0 radical (unpaired) electrons. The first-order valence-corrected chi connectivity index (χ1v) is 8.99. The fourth-order valence-electron chi connectivity index (χ4n) is 2.91. The summed E-state index contributed by atoms with van der Waals surface area (Å²) in [5, 5.41) is 5.59. The fourth-order valence-corrected chi connectivity index (χ4v) is 2.91. The Kier molecular flexibility index (Phi) is 6.24. The number of nitrogens with zero attached hydrogens (tertiary/aromatic N) is 2. The van der Waals surface area contributed by atoms with Gasteiger partial charge in [-0.2, -0.15) is 0 Å². The first kappa shape index (κ1) is 18.0. The van der Waals surface area contributed by atoms with Crippen LogP contribution in [0.15, 0.2) is 36.7 Å². The minimum Gasteiger partial charge on any atom is -0.476 e. The second kappa shape index (κ2) is 9.03. The van der Waals surface area contributed by atoms with Gasteiger partial charge in [-0.3, -0.25) is 0 Å². The molecule has 1 saturated carbocycles. The predicted molar refractivity (Wildman–Crippen MR) is 98.4 cm³/mol. The highest BCUT2D eigenvalue weighted by Gasteiger charge is 2.18. The maximum absolute atomic E-state index is 12.2. The van der Waals surface area contributed by atoms with Crippen LogP contribution in [0.1, 0.15) is 38.2 Å². The Morgan fingerprint density at radius 2 is 1.88 bits per heavy atom. The molecule has 3 rings (SSSR count). The molecule has 2 N–H and O–H groups in total. The number of hydrogen-bond acceptors (Lipinski definition) is 5. The third-order valence-corrected chi connectivity index (χ3v) is 4.17. The third kappa shape index (κ3) is 4.84. The summed E-state index contributed by atoms with van der Waals surface area (Å²) in [6, 6.07) is 6.90. The fraction of sp³-hybridized carbons (Fsp3) is 0.421. The molecular formula is C19H24N4O3. The molecule has 2 amide bonds. The van der Waals surface area contributed by atoms with E-state index in [1.165, 1.54) is 12.8 Å². The van der Waals surface area contributed by atoms with Crippen LogP contribution in [-0.4, -0.2) is 28.7 Å². The average Bonchev–Trinajstić information content (AvgIpc) is 3.16. The van der Waals surface area contributed by atoms with Crippen molar-refractivity contribution in [2.45, 2.75) is 45.3 Å². The molecule has 0 aliphatic heterocycles. The third-order valence-electron chi connectivity index (χ3n) is 4.17. The first-order valence-electron chi connectivity index (χ1n) is 8.99. The van der Waals surface area contributed by atoms with E-state index in [1.807, 2.05) is 19.1 Å². The Labute approximate surface area is 153 Å². The summed E-state index contributed by atoms with van der Waals surface area (Å²) < 4.78 is 11.4. The summed E-state index contributed by atoms with van der Waals surface area (Å²) >= 11 is 0. The molecule has 0 atom stereocenters. The van der Waals surface area contributed by atoms with Gasteiger partial charge >= 0.3 is 6.03 Å². The molecule has 26 heavy (non-hydrogen) atoms. The average molecular weight is 356 g/mol. The van der Waals surface area contributed by atoms with Crippen molar-refractivity contribution in [1.82, 2.24) is 15.3 Å². The van der Waals surface area contributed by atoms with Crippen LogP contribution in [0.4, 0.5) is 10.5 Å². The first-order chi connectivity index (χ1) is 12.8. The predicted octanol–water partition coefficient (Wildman–Crippen LogP) is 3.52. The number of anilines is 1. The zero-order valence-electron chi connectivity index (χ0n) is 14.9. The summed E-state index contributed by atoms with van der Waals surface area (Å²) in [7, 11) is 0. The van der Waals surface area contributed by atoms with Crippen molar-refractivity contribution in [3.63, 3.8) is 0 Å². The Hall–Kier alpha value is -2.83. The molecule has 0 aromatic carbocycles. The van der Waals surface area contributed by atoms with E-state index in [2.05, 4.69) is 20.6 Å². The maximum atomic E-state index is 12.2. The lowest BCUT2D eigenvalue weighted by Gasteiger charge is -2.16. The highest BCUT2D eigenvalue weighted by Crippen LogP contribution is 2.25. The van der Waals surface area contributed by atoms with E-state index >= 15 is 0 Å². The molecule has 0 spiro atoms. The summed E-state index contributed by atoms with van der Waals surface area (Å²) in [4.78, 5) is 20.7. The van der Waals surface area contributed by atoms with Crippen LogP contribution >= 0.6 is 0 Å². The van der Waals surface area contributed by atoms with E-state index < -0.39 is 0 Å². The Bertz CT molecular complexity index is 732. The summed E-state index contributed by atoms with van der Waals surface area (Å²) in [6.07, 6.45) is 8.06. The van der Waals surface area contributed by atoms with Crippen LogP contribution in [0.25, 0.3) is 0 Å². The monoisotopic (exact) mass is 356 g/mol. The van der Waals surface area contributed by atoms with Crippen LogP contribution in [0, 0.1) is 0 Å². The van der Waals surface area contributed by atoms with Crippen LogP contribution in [-0.2, 0) is 6.54 Å². The Morgan fingerprint density at radius 3 is 2.65 bits per heavy atom. The van der Waals surface area contributed by atoms with E-state index in [1.54, 1.807) is 24.5 Å². The number of nitrogens with one attached hydrogen (secondary N) is 2. The maximum Gasteiger partial charge on any atom is 0.319 e. The van der Waals surface area contributed by atoms with Crippen molar-refractivity contribution in [1.29, 1.82) is 0 Å². The van der Waals surface area contributed by atoms with Crippen molar-refractivity contribution in [2.75, 3.05) is 11.9 Å². The van der Waals surface area contributed by atoms with Crippen LogP contribution in [0.3, 0.4) is 0 Å². The number of urea groups is 1. The zero-order chi connectivity index (χ0) is 18.2. The molecule has 2 aromatic rings. The molecule has 1 aliphatic rings. The largest absolute Gasteiger partial charge is 0.476 e. The Morgan fingerprint density at radius 1 is 1.15 bits per heavy atom. The van der Waals surface area contributed by atoms with E-state index in [0.29, 0.717) is 30.6 Å². The standard InChI is InChI=1S/C19H24N4O3/c1-2-25-18-16(10-6-12-21-18)23-19(24)22-13-14-7-5-11-20-17(14)26-15-8-3-4-9-15/h5-7,10-12,15H,2-4,8-9,13H2,1H3,(H2,22,23,24). The van der Waals surface area contributed by atoms with Gasteiger partial charge in [-0.1, -0.05) is 6.07 Å². The summed E-state index contributed by atoms with van der Waals surface area (Å²) in [5.41, 5.74) is 1.38. The molecular weight excluding hydrogens is 332 g/mol. The summed E-state index contributed by atoms with van der Waals surface area (Å²) in [5.74, 6) is 0.993. The van der Waals surface area contributed by atoms with Gasteiger partial charge in [0, 0.05) is 24.5 Å². The Balaban J connectivity index is 1.58. The molecule has 1 aliphatic carbocycles. The lowest BCUT2D eigenvalue weighted by molar-refractivity contribution is 0.199. The molecule has 2 heterocycles. The molecule has 0 unspecified atom stereocenters. The van der Waals surface area contributed by atoms with Crippen molar-refractivity contribution < 1.29 is 14.3 Å². The molecule has 0 bridgehead atoms. The SMILES string of the molecule is CCOc1ncccc1NC(=O)NCc1cccnc1OC1CCCC1. The van der Waals surface area contributed by atoms with Crippen molar-refractivity contribution in [3.05, 3.63) is 42.2 Å². The number of pyridine rings is 2. The molecule has 7 heteroatoms. The lowest BCUT2D eigenvalue weighted by atomic mass is 10.2. The number of carbonyl (C=O) groups is 1. The number of rotatable bonds is 7. The highest BCUT2D eigenvalue weighted by atomic mass is 16.5. The number of aromatic nitrogens is 2. The molecule has 0 saturated heterocycles. The van der Waals surface area contributed by atoms with E-state index in [-0.39, 0.29) is 12.1 Å². The second-order valence-corrected chi connectivity index (χ2v) is 6.09. The van der Waals surface area contributed by atoms with Gasteiger partial charge in [0.2, 0.25) is 11.8 Å². The van der Waals surface area contributed by atoms with E-state index in [0.717, 1.165) is 18.4 Å². The van der Waals surface area contributed by atoms with E-state index in [9.17, 15) is 4.79 Å². The minimum atomic E-state index is -0.338. The zero-order valence-corrected chi connectivity index (χ0v) is 14.9. The van der Waals surface area contributed by atoms with Gasteiger partial charge in [0.15, 0.2) is 0 Å². The van der Waals surface area contributed by atoms with Gasteiger partial charge in [-0.25, -0.2) is 14.8 Å². The van der Waals surface area contributed by atoms with Gasteiger partial charge in [0.25, 0.3) is 0 Å². The normalized spacial score (nSPS) is 14.0. The van der Waals surface area contributed by atoms with Gasteiger partial charge < -0.3 is 20.1 Å². The quantitative estimate of drug-likeness (QED) is 0.793. The topological polar surface area (TPSA) is 85.4 Å².